The molecule has 1 aromatic heterocycles. The molecule has 0 radical (unpaired) electrons. The van der Waals surface area contributed by atoms with E-state index in [2.05, 4.69) is 46.1 Å². The summed E-state index contributed by atoms with van der Waals surface area (Å²) in [5.41, 5.74) is 3.35. The summed E-state index contributed by atoms with van der Waals surface area (Å²) in [5, 5.41) is 0. The summed E-state index contributed by atoms with van der Waals surface area (Å²) in [5.74, 6) is 0.871. The first-order chi connectivity index (χ1) is 11.9. The summed E-state index contributed by atoms with van der Waals surface area (Å²) in [6.45, 7) is 1.56. The number of rotatable bonds is 4. The summed E-state index contributed by atoms with van der Waals surface area (Å²) in [6.07, 6.45) is 4.12. The van der Waals surface area contributed by atoms with E-state index in [1.807, 2.05) is 36.4 Å². The largest absolute Gasteiger partial charge is 0.495 e. The van der Waals surface area contributed by atoms with Crippen molar-refractivity contribution in [1.29, 1.82) is 0 Å². The fraction of sp³-hybridized carbons (Fsp3) is 0.200. The molecule has 0 bridgehead atoms. The summed E-state index contributed by atoms with van der Waals surface area (Å²) in [4.78, 5) is 2.25. The maximum Gasteiger partial charge on any atom is 0.158 e. The Bertz CT molecular complexity index is 813. The smallest absolute Gasteiger partial charge is 0.158 e. The average molecular weight is 320 g/mol. The van der Waals surface area contributed by atoms with Gasteiger partial charge in [-0.25, -0.2) is 0 Å². The molecule has 2 aromatic carbocycles. The lowest BCUT2D eigenvalue weighted by Crippen LogP contribution is -2.23. The van der Waals surface area contributed by atoms with Gasteiger partial charge in [0.2, 0.25) is 0 Å². The second kappa shape index (κ2) is 6.42. The third-order valence-corrected chi connectivity index (χ3v) is 4.34. The number of ether oxygens (including phenoxy) is 2. The van der Waals surface area contributed by atoms with Gasteiger partial charge in [0.25, 0.3) is 0 Å². The van der Waals surface area contributed by atoms with Crippen LogP contribution in [0.25, 0.3) is 5.69 Å². The highest BCUT2D eigenvalue weighted by Gasteiger charge is 2.29. The van der Waals surface area contributed by atoms with Crippen molar-refractivity contribution in [3.63, 3.8) is 0 Å². The number of methoxy groups -OCH3 is 1. The lowest BCUT2D eigenvalue weighted by molar-refractivity contribution is 0.113. The van der Waals surface area contributed by atoms with Crippen LogP contribution in [0, 0.1) is 0 Å². The predicted molar refractivity (Wildman–Crippen MR) is 94.8 cm³/mol. The number of hydrogen-bond acceptors (Lipinski definition) is 3. The van der Waals surface area contributed by atoms with Crippen molar-refractivity contribution in [1.82, 2.24) is 4.57 Å². The topological polar surface area (TPSA) is 26.6 Å². The Kier molecular flexibility index (Phi) is 3.97. The first-order valence-electron chi connectivity index (χ1n) is 8.11. The molecule has 2 heterocycles. The molecule has 4 rings (SSSR count). The second-order valence-electron chi connectivity index (χ2n) is 5.78. The molecule has 0 unspecified atom stereocenters. The van der Waals surface area contributed by atoms with E-state index in [-0.39, 0.29) is 6.23 Å². The molecule has 1 saturated heterocycles. The lowest BCUT2D eigenvalue weighted by atomic mass is 10.2. The first-order valence-corrected chi connectivity index (χ1v) is 8.11. The normalized spacial score (nSPS) is 17.2. The van der Waals surface area contributed by atoms with Gasteiger partial charge in [0.05, 0.1) is 19.4 Å². The Morgan fingerprint density at radius 1 is 1.00 bits per heavy atom. The van der Waals surface area contributed by atoms with Crippen molar-refractivity contribution in [2.45, 2.75) is 6.23 Å². The molecule has 24 heavy (non-hydrogen) atoms. The predicted octanol–water partition coefficient (Wildman–Crippen LogP) is 4.02. The van der Waals surface area contributed by atoms with Crippen LogP contribution in [0.2, 0.25) is 0 Å². The number of hydrogen-bond donors (Lipinski definition) is 0. The minimum absolute atomic E-state index is 0.0914. The van der Waals surface area contributed by atoms with Gasteiger partial charge in [-0.1, -0.05) is 30.3 Å². The van der Waals surface area contributed by atoms with Crippen LogP contribution in [-0.2, 0) is 4.74 Å². The van der Waals surface area contributed by atoms with Gasteiger partial charge in [-0.15, -0.1) is 0 Å². The number of nitrogens with zero attached hydrogens (tertiary/aromatic N) is 2. The quantitative estimate of drug-likeness (QED) is 0.726. The Labute approximate surface area is 141 Å². The van der Waals surface area contributed by atoms with Crippen molar-refractivity contribution in [3.05, 3.63) is 78.6 Å². The molecule has 1 aliphatic rings. The van der Waals surface area contributed by atoms with Crippen molar-refractivity contribution in [2.24, 2.45) is 0 Å². The van der Waals surface area contributed by atoms with Gasteiger partial charge in [-0.2, -0.15) is 0 Å². The Morgan fingerprint density at radius 2 is 1.79 bits per heavy atom. The molecule has 0 spiro atoms. The Morgan fingerprint density at radius 3 is 2.62 bits per heavy atom. The van der Waals surface area contributed by atoms with E-state index in [1.165, 1.54) is 0 Å². The lowest BCUT2D eigenvalue weighted by Gasteiger charge is -2.26. The van der Waals surface area contributed by atoms with E-state index in [1.54, 1.807) is 7.11 Å². The molecule has 1 fully saturated rings. The SMILES string of the molecule is COc1ccccc1N1CCO[C@@H]1c1ccn(-c2ccccc2)c1. The zero-order valence-corrected chi connectivity index (χ0v) is 13.6. The van der Waals surface area contributed by atoms with Crippen molar-refractivity contribution in [3.8, 4) is 11.4 Å². The van der Waals surface area contributed by atoms with Crippen LogP contribution in [0.4, 0.5) is 5.69 Å². The van der Waals surface area contributed by atoms with Crippen molar-refractivity contribution in [2.75, 3.05) is 25.2 Å². The third-order valence-electron chi connectivity index (χ3n) is 4.34. The minimum atomic E-state index is -0.0914. The molecule has 0 aliphatic carbocycles. The van der Waals surface area contributed by atoms with E-state index in [0.29, 0.717) is 6.61 Å². The second-order valence-corrected chi connectivity index (χ2v) is 5.78. The van der Waals surface area contributed by atoms with Gasteiger partial charge in [-0.05, 0) is 30.3 Å². The van der Waals surface area contributed by atoms with E-state index >= 15 is 0 Å². The maximum absolute atomic E-state index is 6.01. The summed E-state index contributed by atoms with van der Waals surface area (Å²) < 4.78 is 13.6. The van der Waals surface area contributed by atoms with Crippen LogP contribution in [0.5, 0.6) is 5.75 Å². The van der Waals surface area contributed by atoms with Crippen molar-refractivity contribution < 1.29 is 9.47 Å². The van der Waals surface area contributed by atoms with Gasteiger partial charge in [0, 0.05) is 30.2 Å². The monoisotopic (exact) mass is 320 g/mol. The van der Waals surface area contributed by atoms with Gasteiger partial charge < -0.3 is 18.9 Å². The minimum Gasteiger partial charge on any atom is -0.495 e. The highest BCUT2D eigenvalue weighted by molar-refractivity contribution is 5.60. The summed E-state index contributed by atoms with van der Waals surface area (Å²) >= 11 is 0. The van der Waals surface area contributed by atoms with E-state index in [9.17, 15) is 0 Å². The fourth-order valence-corrected chi connectivity index (χ4v) is 3.18. The van der Waals surface area contributed by atoms with Gasteiger partial charge >= 0.3 is 0 Å². The first kappa shape index (κ1) is 14.8. The fourth-order valence-electron chi connectivity index (χ4n) is 3.18. The Hall–Kier alpha value is -2.72. The standard InChI is InChI=1S/C20H20N2O2/c1-23-19-10-6-5-9-18(19)22-13-14-24-20(22)16-11-12-21(15-16)17-7-3-2-4-8-17/h2-12,15,20H,13-14H2,1H3/t20-/m1/s1. The van der Waals surface area contributed by atoms with Crippen LogP contribution >= 0.6 is 0 Å². The highest BCUT2D eigenvalue weighted by Crippen LogP contribution is 2.37. The molecule has 1 aliphatic heterocycles. The molecule has 4 nitrogen and oxygen atoms in total. The average Bonchev–Trinajstić information content (AvgIpc) is 3.31. The van der Waals surface area contributed by atoms with E-state index in [0.717, 1.165) is 29.2 Å². The Balaban J connectivity index is 1.65. The number of anilines is 1. The third kappa shape index (κ3) is 2.65. The van der Waals surface area contributed by atoms with E-state index in [4.69, 9.17) is 9.47 Å². The maximum atomic E-state index is 6.01. The van der Waals surface area contributed by atoms with Crippen LogP contribution in [0.1, 0.15) is 11.8 Å². The zero-order valence-electron chi connectivity index (χ0n) is 13.6. The van der Waals surface area contributed by atoms with Crippen molar-refractivity contribution >= 4 is 5.69 Å². The molecule has 122 valence electrons. The van der Waals surface area contributed by atoms with Gasteiger partial charge in [-0.3, -0.25) is 0 Å². The number of para-hydroxylation sites is 3. The summed E-state index contributed by atoms with van der Waals surface area (Å²) in [6, 6.07) is 20.5. The zero-order chi connectivity index (χ0) is 16.4. The van der Waals surface area contributed by atoms with E-state index < -0.39 is 0 Å². The highest BCUT2D eigenvalue weighted by atomic mass is 16.5. The van der Waals surface area contributed by atoms with Crippen LogP contribution in [0.3, 0.4) is 0 Å². The molecular weight excluding hydrogens is 300 g/mol. The van der Waals surface area contributed by atoms with Crippen LogP contribution in [0.15, 0.2) is 73.1 Å². The number of benzene rings is 2. The van der Waals surface area contributed by atoms with Crippen LogP contribution < -0.4 is 9.64 Å². The molecule has 0 N–H and O–H groups in total. The van der Waals surface area contributed by atoms with Gasteiger partial charge in [0.1, 0.15) is 5.75 Å². The molecule has 4 heteroatoms. The molecule has 0 saturated carbocycles. The summed E-state index contributed by atoms with van der Waals surface area (Å²) in [7, 11) is 1.71. The van der Waals surface area contributed by atoms with Gasteiger partial charge in [0.15, 0.2) is 6.23 Å². The molecule has 1 atom stereocenters. The molecule has 0 amide bonds. The molecule has 3 aromatic rings. The number of aromatic nitrogens is 1. The molecular formula is C20H20N2O2. The van der Waals surface area contributed by atoms with Crippen LogP contribution in [-0.4, -0.2) is 24.8 Å².